The second kappa shape index (κ2) is 2.03. The minimum atomic E-state index is 0.844. The van der Waals surface area contributed by atoms with Crippen molar-refractivity contribution in [2.75, 3.05) is 0 Å². The lowest BCUT2D eigenvalue weighted by Gasteiger charge is -2.06. The Bertz CT molecular complexity index is 494. The van der Waals surface area contributed by atoms with E-state index in [-0.39, 0.29) is 0 Å². The molecule has 0 spiro atoms. The SMILES string of the molecule is CC1[C@H]2c3cccc4cccc(c34)[C@@H]12. The zero-order valence-corrected chi connectivity index (χ0v) is 8.20. The number of fused-ring (bicyclic) bond motifs is 3. The lowest BCUT2D eigenvalue weighted by Crippen LogP contribution is -1.86. The Labute approximate surface area is 83.6 Å². The molecule has 0 radical (unpaired) electrons. The zero-order valence-electron chi connectivity index (χ0n) is 8.20. The number of benzene rings is 2. The maximum absolute atomic E-state index is 2.38. The van der Waals surface area contributed by atoms with E-state index >= 15 is 0 Å². The van der Waals surface area contributed by atoms with Crippen molar-refractivity contribution in [2.24, 2.45) is 5.92 Å². The molecule has 0 aliphatic heterocycles. The molecule has 0 saturated heterocycles. The topological polar surface area (TPSA) is 0 Å². The van der Waals surface area contributed by atoms with Crippen molar-refractivity contribution in [3.8, 4) is 0 Å². The predicted molar refractivity (Wildman–Crippen MR) is 58.6 cm³/mol. The van der Waals surface area contributed by atoms with Gasteiger partial charge < -0.3 is 0 Å². The van der Waals surface area contributed by atoms with Gasteiger partial charge in [-0.05, 0) is 39.7 Å². The van der Waals surface area contributed by atoms with Crippen LogP contribution in [-0.4, -0.2) is 0 Å². The molecular weight excluding hydrogens is 168 g/mol. The Morgan fingerprint density at radius 2 is 1.43 bits per heavy atom. The Kier molecular flexibility index (Phi) is 1.02. The van der Waals surface area contributed by atoms with E-state index in [0.29, 0.717) is 0 Å². The molecule has 0 amide bonds. The monoisotopic (exact) mass is 180 g/mol. The largest absolute Gasteiger partial charge is 0.0613 e. The minimum absolute atomic E-state index is 0.844. The second-order valence-electron chi connectivity index (χ2n) is 4.70. The third kappa shape index (κ3) is 0.608. The molecule has 0 heterocycles. The first-order valence-corrected chi connectivity index (χ1v) is 5.39. The van der Waals surface area contributed by atoms with Gasteiger partial charge in [-0.15, -0.1) is 0 Å². The van der Waals surface area contributed by atoms with Gasteiger partial charge in [0.15, 0.2) is 0 Å². The molecule has 2 aromatic carbocycles. The minimum Gasteiger partial charge on any atom is -0.0613 e. The van der Waals surface area contributed by atoms with Gasteiger partial charge in [0.1, 0.15) is 0 Å². The standard InChI is InChI=1S/C14H12/c1-8-12-10-6-2-4-9-5-3-7-11(13(8)12)14(9)10/h2-8,12-13H,1H3/t8?,12-,13+. The summed E-state index contributed by atoms with van der Waals surface area (Å²) in [7, 11) is 0. The van der Waals surface area contributed by atoms with E-state index < -0.39 is 0 Å². The molecule has 3 atom stereocenters. The highest BCUT2D eigenvalue weighted by atomic mass is 14.6. The molecule has 0 bridgehead atoms. The summed E-state index contributed by atoms with van der Waals surface area (Å²) in [6, 6.07) is 13.5. The zero-order chi connectivity index (χ0) is 9.28. The van der Waals surface area contributed by atoms with Crippen molar-refractivity contribution in [3.05, 3.63) is 47.5 Å². The Morgan fingerprint density at radius 1 is 0.857 bits per heavy atom. The average molecular weight is 180 g/mol. The normalized spacial score (nSPS) is 31.9. The number of hydrogen-bond donors (Lipinski definition) is 0. The van der Waals surface area contributed by atoms with Gasteiger partial charge in [-0.25, -0.2) is 0 Å². The summed E-state index contributed by atoms with van der Waals surface area (Å²) < 4.78 is 0. The van der Waals surface area contributed by atoms with Crippen LogP contribution in [0.1, 0.15) is 29.9 Å². The highest BCUT2D eigenvalue weighted by molar-refractivity contribution is 5.94. The molecule has 0 heteroatoms. The van der Waals surface area contributed by atoms with Gasteiger partial charge in [-0.1, -0.05) is 43.3 Å². The van der Waals surface area contributed by atoms with Gasteiger partial charge in [-0.2, -0.15) is 0 Å². The van der Waals surface area contributed by atoms with Crippen LogP contribution in [0.2, 0.25) is 0 Å². The van der Waals surface area contributed by atoms with Gasteiger partial charge >= 0.3 is 0 Å². The van der Waals surface area contributed by atoms with E-state index in [2.05, 4.69) is 43.3 Å². The summed E-state index contributed by atoms with van der Waals surface area (Å²) in [5, 5.41) is 2.99. The van der Waals surface area contributed by atoms with Crippen LogP contribution in [0.3, 0.4) is 0 Å². The summed E-state index contributed by atoms with van der Waals surface area (Å²) in [6.45, 7) is 2.38. The van der Waals surface area contributed by atoms with E-state index in [4.69, 9.17) is 0 Å². The lowest BCUT2D eigenvalue weighted by atomic mass is 9.99. The first kappa shape index (κ1) is 7.05. The van der Waals surface area contributed by atoms with E-state index in [9.17, 15) is 0 Å². The molecule has 0 N–H and O–H groups in total. The molecule has 0 aromatic heterocycles. The van der Waals surface area contributed by atoms with Gasteiger partial charge in [0.2, 0.25) is 0 Å². The number of hydrogen-bond acceptors (Lipinski definition) is 0. The van der Waals surface area contributed by atoms with E-state index in [1.165, 1.54) is 5.39 Å². The van der Waals surface area contributed by atoms with Crippen LogP contribution in [0, 0.1) is 5.92 Å². The fraction of sp³-hybridized carbons (Fsp3) is 0.286. The molecule has 14 heavy (non-hydrogen) atoms. The fourth-order valence-electron chi connectivity index (χ4n) is 3.37. The van der Waals surface area contributed by atoms with Crippen molar-refractivity contribution in [2.45, 2.75) is 18.8 Å². The maximum Gasteiger partial charge on any atom is -0.00521 e. The first-order valence-electron chi connectivity index (χ1n) is 5.39. The summed E-state index contributed by atoms with van der Waals surface area (Å²) in [6.07, 6.45) is 0. The van der Waals surface area contributed by atoms with Crippen LogP contribution in [0.5, 0.6) is 0 Å². The van der Waals surface area contributed by atoms with Crippen molar-refractivity contribution in [1.82, 2.24) is 0 Å². The van der Waals surface area contributed by atoms with E-state index in [1.54, 1.807) is 16.5 Å². The van der Waals surface area contributed by atoms with Gasteiger partial charge in [0, 0.05) is 0 Å². The smallest absolute Gasteiger partial charge is 0.00521 e. The quantitative estimate of drug-likeness (QED) is 0.580. The highest BCUT2D eigenvalue weighted by Crippen LogP contribution is 2.67. The summed E-state index contributed by atoms with van der Waals surface area (Å²) in [5.41, 5.74) is 3.21. The van der Waals surface area contributed by atoms with Gasteiger partial charge in [-0.3, -0.25) is 0 Å². The molecule has 2 aliphatic rings. The van der Waals surface area contributed by atoms with E-state index in [0.717, 1.165) is 17.8 Å². The highest BCUT2D eigenvalue weighted by Gasteiger charge is 2.53. The molecule has 2 aromatic rings. The molecule has 0 nitrogen and oxygen atoms in total. The van der Waals surface area contributed by atoms with Crippen LogP contribution in [0.25, 0.3) is 10.8 Å². The van der Waals surface area contributed by atoms with E-state index in [1.807, 2.05) is 0 Å². The molecular formula is C14H12. The van der Waals surface area contributed by atoms with Crippen LogP contribution in [0.15, 0.2) is 36.4 Å². The predicted octanol–water partition coefficient (Wildman–Crippen LogP) is 3.67. The van der Waals surface area contributed by atoms with Gasteiger partial charge in [0.25, 0.3) is 0 Å². The summed E-state index contributed by atoms with van der Waals surface area (Å²) >= 11 is 0. The van der Waals surface area contributed by atoms with Crippen LogP contribution in [0.4, 0.5) is 0 Å². The maximum atomic E-state index is 2.38. The Morgan fingerprint density at radius 3 is 2.00 bits per heavy atom. The third-order valence-electron chi connectivity index (χ3n) is 4.07. The first-order chi connectivity index (χ1) is 6.88. The summed E-state index contributed by atoms with van der Waals surface area (Å²) in [4.78, 5) is 0. The number of rotatable bonds is 0. The molecule has 1 unspecified atom stereocenters. The van der Waals surface area contributed by atoms with Crippen molar-refractivity contribution < 1.29 is 0 Å². The molecule has 1 fully saturated rings. The second-order valence-corrected chi connectivity index (χ2v) is 4.70. The summed E-state index contributed by atoms with van der Waals surface area (Å²) in [5.74, 6) is 2.57. The van der Waals surface area contributed by atoms with Crippen molar-refractivity contribution in [1.29, 1.82) is 0 Å². The van der Waals surface area contributed by atoms with Crippen molar-refractivity contribution in [3.63, 3.8) is 0 Å². The van der Waals surface area contributed by atoms with Crippen LogP contribution in [-0.2, 0) is 0 Å². The fourth-order valence-corrected chi connectivity index (χ4v) is 3.37. The molecule has 1 saturated carbocycles. The van der Waals surface area contributed by atoms with Crippen LogP contribution >= 0.6 is 0 Å². The molecule has 4 rings (SSSR count). The Hall–Kier alpha value is -1.30. The van der Waals surface area contributed by atoms with Gasteiger partial charge in [0.05, 0.1) is 0 Å². The lowest BCUT2D eigenvalue weighted by molar-refractivity contribution is 0.890. The molecule has 68 valence electrons. The Balaban J connectivity index is 2.19. The van der Waals surface area contributed by atoms with Crippen molar-refractivity contribution >= 4 is 10.8 Å². The molecule has 2 aliphatic carbocycles. The van der Waals surface area contributed by atoms with Crippen LogP contribution < -0.4 is 0 Å². The average Bonchev–Trinajstić information content (AvgIpc) is 2.74. The third-order valence-corrected chi connectivity index (χ3v) is 4.07.